The molecule has 0 bridgehead atoms. The minimum atomic E-state index is -0.641. The van der Waals surface area contributed by atoms with Crippen molar-refractivity contribution < 1.29 is 10.2 Å². The fourth-order valence-electron chi connectivity index (χ4n) is 7.88. The Bertz CT molecular complexity index is 1920. The van der Waals surface area contributed by atoms with Gasteiger partial charge in [0, 0.05) is 10.8 Å². The van der Waals surface area contributed by atoms with E-state index in [1.54, 1.807) is 12.1 Å². The van der Waals surface area contributed by atoms with Gasteiger partial charge in [0.15, 0.2) is 0 Å². The van der Waals surface area contributed by atoms with Crippen LogP contribution in [0.4, 0.5) is 0 Å². The average Bonchev–Trinajstić information content (AvgIpc) is 3.26. The van der Waals surface area contributed by atoms with Gasteiger partial charge < -0.3 is 10.2 Å². The fraction of sp³-hybridized carbons (Fsp3) is 0.220. The molecule has 0 radical (unpaired) electrons. The van der Waals surface area contributed by atoms with Crippen LogP contribution in [0.3, 0.4) is 0 Å². The molecule has 0 fully saturated rings. The van der Waals surface area contributed by atoms with Crippen molar-refractivity contribution in [3.05, 3.63) is 143 Å². The largest absolute Gasteiger partial charge is 0.507 e. The van der Waals surface area contributed by atoms with Crippen molar-refractivity contribution in [3.63, 3.8) is 0 Å². The molecule has 0 unspecified atom stereocenters. The third kappa shape index (κ3) is 3.79. The van der Waals surface area contributed by atoms with Crippen LogP contribution < -0.4 is 0 Å². The lowest BCUT2D eigenvalue weighted by Crippen LogP contribution is -2.35. The molecule has 7 rings (SSSR count). The van der Waals surface area contributed by atoms with Crippen LogP contribution in [-0.4, -0.2) is 10.2 Å². The molecule has 0 saturated heterocycles. The molecule has 0 aliphatic heterocycles. The molecule has 1 aliphatic carbocycles. The number of fused-ring (bicyclic) bond motifs is 5. The Morgan fingerprint density at radius 1 is 0.395 bits per heavy atom. The van der Waals surface area contributed by atoms with Crippen LogP contribution in [0, 0.1) is 0 Å². The molecule has 0 spiro atoms. The Labute approximate surface area is 254 Å². The molecule has 0 saturated carbocycles. The second-order valence-corrected chi connectivity index (χ2v) is 14.1. The van der Waals surface area contributed by atoms with Gasteiger partial charge in [-0.25, -0.2) is 0 Å². The van der Waals surface area contributed by atoms with Crippen LogP contribution in [0.1, 0.15) is 74.9 Å². The van der Waals surface area contributed by atoms with Gasteiger partial charge in [0.2, 0.25) is 0 Å². The Hall–Kier alpha value is -4.56. The van der Waals surface area contributed by atoms with Crippen LogP contribution in [0.25, 0.3) is 32.7 Å². The molecule has 6 aromatic rings. The topological polar surface area (TPSA) is 40.5 Å². The van der Waals surface area contributed by atoms with Crippen molar-refractivity contribution in [2.24, 2.45) is 0 Å². The lowest BCUT2D eigenvalue weighted by molar-refractivity contribution is 0.481. The second kappa shape index (κ2) is 9.22. The zero-order valence-electron chi connectivity index (χ0n) is 25.8. The van der Waals surface area contributed by atoms with Gasteiger partial charge >= 0.3 is 0 Å². The Balaban J connectivity index is 1.79. The summed E-state index contributed by atoms with van der Waals surface area (Å²) in [6, 6.07) is 38.2. The van der Waals surface area contributed by atoms with E-state index in [0.29, 0.717) is 11.5 Å². The van der Waals surface area contributed by atoms with E-state index in [0.717, 1.165) is 21.5 Å². The van der Waals surface area contributed by atoms with Gasteiger partial charge in [0.05, 0.1) is 5.41 Å². The van der Waals surface area contributed by atoms with Gasteiger partial charge in [-0.2, -0.15) is 0 Å². The molecule has 0 amide bonds. The summed E-state index contributed by atoms with van der Waals surface area (Å²) in [7, 11) is 0. The number of hydrogen-bond acceptors (Lipinski definition) is 2. The summed E-state index contributed by atoms with van der Waals surface area (Å²) in [5.74, 6) is 0.597. The minimum Gasteiger partial charge on any atom is -0.507 e. The van der Waals surface area contributed by atoms with E-state index in [1.807, 2.05) is 12.1 Å². The van der Waals surface area contributed by atoms with E-state index >= 15 is 0 Å². The third-order valence-electron chi connectivity index (χ3n) is 9.34. The van der Waals surface area contributed by atoms with Crippen molar-refractivity contribution in [2.45, 2.75) is 57.8 Å². The van der Waals surface area contributed by atoms with Crippen molar-refractivity contribution in [1.82, 2.24) is 0 Å². The molecule has 0 heterocycles. The quantitative estimate of drug-likeness (QED) is 0.220. The van der Waals surface area contributed by atoms with E-state index in [1.165, 1.54) is 44.5 Å². The van der Waals surface area contributed by atoms with Crippen molar-refractivity contribution in [2.75, 3.05) is 0 Å². The number of benzene rings is 6. The predicted octanol–water partition coefficient (Wildman–Crippen LogP) is 10.4. The Morgan fingerprint density at radius 3 is 1.19 bits per heavy atom. The molecular formula is C41H38O2. The van der Waals surface area contributed by atoms with E-state index in [2.05, 4.69) is 126 Å². The van der Waals surface area contributed by atoms with Crippen molar-refractivity contribution in [1.29, 1.82) is 0 Å². The highest BCUT2D eigenvalue weighted by atomic mass is 16.3. The third-order valence-corrected chi connectivity index (χ3v) is 9.34. The molecule has 43 heavy (non-hydrogen) atoms. The van der Waals surface area contributed by atoms with Gasteiger partial charge in [0.1, 0.15) is 11.5 Å². The number of phenolic OH excluding ortho intramolecular Hbond substituents is 2. The highest BCUT2D eigenvalue weighted by Gasteiger charge is 2.50. The molecular weight excluding hydrogens is 524 g/mol. The van der Waals surface area contributed by atoms with Crippen molar-refractivity contribution >= 4 is 21.5 Å². The molecule has 6 aromatic carbocycles. The number of phenols is 2. The van der Waals surface area contributed by atoms with Crippen LogP contribution >= 0.6 is 0 Å². The normalized spacial score (nSPS) is 14.2. The van der Waals surface area contributed by atoms with Gasteiger partial charge in [-0.15, -0.1) is 0 Å². The first-order valence-electron chi connectivity index (χ1n) is 15.2. The molecule has 214 valence electrons. The summed E-state index contributed by atoms with van der Waals surface area (Å²) in [4.78, 5) is 0. The van der Waals surface area contributed by atoms with Gasteiger partial charge in [-0.05, 0) is 78.2 Å². The Kier molecular flexibility index (Phi) is 5.85. The average molecular weight is 563 g/mol. The first kappa shape index (κ1) is 27.3. The van der Waals surface area contributed by atoms with Gasteiger partial charge in [-0.1, -0.05) is 139 Å². The second-order valence-electron chi connectivity index (χ2n) is 14.1. The summed E-state index contributed by atoms with van der Waals surface area (Å²) in [5, 5.41) is 25.8. The lowest BCUT2D eigenvalue weighted by atomic mass is 9.60. The number of hydrogen-bond donors (Lipinski definition) is 2. The highest BCUT2D eigenvalue weighted by Crippen LogP contribution is 2.60. The summed E-state index contributed by atoms with van der Waals surface area (Å²) < 4.78 is 0. The van der Waals surface area contributed by atoms with Crippen molar-refractivity contribution in [3.8, 4) is 22.6 Å². The molecule has 1 aliphatic rings. The van der Waals surface area contributed by atoms with E-state index in [9.17, 15) is 10.2 Å². The van der Waals surface area contributed by atoms with Crippen LogP contribution in [0.5, 0.6) is 11.5 Å². The maximum absolute atomic E-state index is 11.0. The molecule has 0 aromatic heterocycles. The monoisotopic (exact) mass is 562 g/mol. The number of aromatic hydroxyl groups is 2. The van der Waals surface area contributed by atoms with Gasteiger partial charge in [-0.3, -0.25) is 0 Å². The van der Waals surface area contributed by atoms with E-state index in [-0.39, 0.29) is 10.8 Å². The molecule has 0 atom stereocenters. The first-order chi connectivity index (χ1) is 20.5. The molecule has 2 nitrogen and oxygen atoms in total. The summed E-state index contributed by atoms with van der Waals surface area (Å²) in [5.41, 5.74) is 8.77. The van der Waals surface area contributed by atoms with E-state index < -0.39 is 5.41 Å². The maximum atomic E-state index is 11.0. The summed E-state index contributed by atoms with van der Waals surface area (Å²) in [6.07, 6.45) is 0. The summed E-state index contributed by atoms with van der Waals surface area (Å²) in [6.45, 7) is 13.7. The zero-order chi connectivity index (χ0) is 30.3. The predicted molar refractivity (Wildman–Crippen MR) is 179 cm³/mol. The minimum absolute atomic E-state index is 0.237. The standard InChI is InChI=1S/C41H38O2/c1-39(2,3)37-29-15-11-19-35(42)27(29)21-23-33(37)41(31-17-9-7-13-25(31)26-14-8-10-18-32(26)41)34-24-22-28-30(16-12-20-36(28)43)38(34)40(4,5)6/h7-24,42-43H,1-6H3. The number of rotatable bonds is 2. The first-order valence-corrected chi connectivity index (χ1v) is 15.2. The summed E-state index contributed by atoms with van der Waals surface area (Å²) >= 11 is 0. The maximum Gasteiger partial charge on any atom is 0.123 e. The lowest BCUT2D eigenvalue weighted by Gasteiger charge is -2.42. The smallest absolute Gasteiger partial charge is 0.123 e. The SMILES string of the molecule is CC(C)(C)c1c(C2(c3ccc4c(O)cccc4c3C(C)(C)C)c3ccccc3-c3ccccc32)ccc2c(O)cccc12. The van der Waals surface area contributed by atoms with Gasteiger partial charge in [0.25, 0.3) is 0 Å². The molecule has 2 N–H and O–H groups in total. The zero-order valence-corrected chi connectivity index (χ0v) is 25.8. The van der Waals surface area contributed by atoms with Crippen LogP contribution in [-0.2, 0) is 16.2 Å². The van der Waals surface area contributed by atoms with Crippen LogP contribution in [0.2, 0.25) is 0 Å². The fourth-order valence-corrected chi connectivity index (χ4v) is 7.88. The van der Waals surface area contributed by atoms with E-state index in [4.69, 9.17) is 0 Å². The Morgan fingerprint density at radius 2 is 0.791 bits per heavy atom. The highest BCUT2D eigenvalue weighted by molar-refractivity contribution is 5.98. The molecule has 2 heteroatoms. The van der Waals surface area contributed by atoms with Crippen LogP contribution in [0.15, 0.2) is 109 Å².